The van der Waals surface area contributed by atoms with Crippen molar-refractivity contribution in [2.75, 3.05) is 0 Å². The number of aryl methyl sites for hydroxylation is 1. The Hall–Kier alpha value is -1.36. The summed E-state index contributed by atoms with van der Waals surface area (Å²) in [6, 6.07) is 0. The van der Waals surface area contributed by atoms with E-state index in [1.54, 1.807) is 13.1 Å². The lowest BCUT2D eigenvalue weighted by atomic mass is 10.1. The Morgan fingerprint density at radius 3 is 2.22 bits per heavy atom. The molecule has 1 heterocycles. The molecule has 1 aromatic rings. The largest absolute Gasteiger partial charge is 0.480 e. The minimum Gasteiger partial charge on any atom is -0.480 e. The first-order valence-electron chi connectivity index (χ1n) is 9.00. The van der Waals surface area contributed by atoms with Crippen LogP contribution in [-0.2, 0) is 17.8 Å². The van der Waals surface area contributed by atoms with Crippen LogP contribution in [0.2, 0.25) is 0 Å². The van der Waals surface area contributed by atoms with Crippen LogP contribution < -0.4 is 0 Å². The van der Waals surface area contributed by atoms with Crippen molar-refractivity contribution in [3.8, 4) is 0 Å². The van der Waals surface area contributed by atoms with Crippen LogP contribution >= 0.6 is 0 Å². The fraction of sp³-hybridized carbons (Fsp3) is 0.778. The van der Waals surface area contributed by atoms with Gasteiger partial charge < -0.3 is 14.8 Å². The number of aromatic nitrogens is 2. The van der Waals surface area contributed by atoms with Crippen LogP contribution in [0.5, 0.6) is 0 Å². The van der Waals surface area contributed by atoms with Gasteiger partial charge in [0.25, 0.3) is 0 Å². The van der Waals surface area contributed by atoms with E-state index in [1.165, 1.54) is 55.9 Å². The smallest absolute Gasteiger partial charge is 0.323 e. The van der Waals surface area contributed by atoms with E-state index in [-0.39, 0.29) is 6.54 Å². The molecule has 0 radical (unpaired) electrons. The summed E-state index contributed by atoms with van der Waals surface area (Å²) in [7, 11) is 0. The van der Waals surface area contributed by atoms with E-state index >= 15 is 0 Å². The number of aliphatic hydroxyl groups is 1. The van der Waals surface area contributed by atoms with E-state index in [0.717, 1.165) is 18.5 Å². The van der Waals surface area contributed by atoms with Gasteiger partial charge in [0.1, 0.15) is 18.5 Å². The first-order valence-corrected chi connectivity index (χ1v) is 9.00. The topological polar surface area (TPSA) is 75.4 Å². The van der Waals surface area contributed by atoms with Gasteiger partial charge in [0, 0.05) is 6.20 Å². The second-order valence-corrected chi connectivity index (χ2v) is 6.37. The van der Waals surface area contributed by atoms with Gasteiger partial charge >= 0.3 is 5.97 Å². The molecular weight excluding hydrogens is 292 g/mol. The molecule has 1 aromatic heterocycles. The zero-order valence-corrected chi connectivity index (χ0v) is 14.6. The average Bonchev–Trinajstić information content (AvgIpc) is 2.88. The van der Waals surface area contributed by atoms with Crippen molar-refractivity contribution in [3.05, 3.63) is 17.7 Å². The van der Waals surface area contributed by atoms with Crippen LogP contribution in [0.15, 0.2) is 6.20 Å². The fourth-order valence-corrected chi connectivity index (χ4v) is 2.83. The van der Waals surface area contributed by atoms with Crippen molar-refractivity contribution >= 4 is 5.97 Å². The molecule has 5 nitrogen and oxygen atoms in total. The van der Waals surface area contributed by atoms with E-state index in [2.05, 4.69) is 11.9 Å². The van der Waals surface area contributed by atoms with Crippen LogP contribution in [-0.4, -0.2) is 25.7 Å². The van der Waals surface area contributed by atoms with E-state index in [1.807, 2.05) is 0 Å². The Balaban J connectivity index is 2.25. The molecule has 23 heavy (non-hydrogen) atoms. The molecule has 0 aliphatic carbocycles. The molecule has 1 atom stereocenters. The number of aliphatic hydroxyl groups excluding tert-OH is 1. The van der Waals surface area contributed by atoms with Crippen molar-refractivity contribution in [2.45, 2.75) is 90.7 Å². The molecule has 5 heteroatoms. The predicted molar refractivity (Wildman–Crippen MR) is 91.4 cm³/mol. The molecule has 0 saturated heterocycles. The molecule has 2 N–H and O–H groups in total. The number of hydrogen-bond acceptors (Lipinski definition) is 3. The quantitative estimate of drug-likeness (QED) is 0.536. The molecule has 0 aromatic carbocycles. The first-order chi connectivity index (χ1) is 11.0. The van der Waals surface area contributed by atoms with Crippen molar-refractivity contribution in [2.24, 2.45) is 0 Å². The molecule has 1 unspecified atom stereocenters. The highest BCUT2D eigenvalue weighted by atomic mass is 16.4. The van der Waals surface area contributed by atoms with Crippen molar-refractivity contribution < 1.29 is 15.0 Å². The van der Waals surface area contributed by atoms with Crippen LogP contribution in [0.25, 0.3) is 0 Å². The number of imidazole rings is 1. The number of carbonyl (C=O) groups is 1. The zero-order chi connectivity index (χ0) is 17.1. The summed E-state index contributed by atoms with van der Waals surface area (Å²) in [5, 5.41) is 18.6. The normalized spacial score (nSPS) is 12.5. The van der Waals surface area contributed by atoms with E-state index in [4.69, 9.17) is 5.11 Å². The standard InChI is InChI=1S/C18H32N2O3/c1-3-4-5-6-7-8-9-10-11-12-16-13-20(14-17(22)23)18(19-16)15(2)21/h13,15,21H,3-12,14H2,1-2H3,(H,22,23). The predicted octanol–water partition coefficient (Wildman–Crippen LogP) is 4.09. The summed E-state index contributed by atoms with van der Waals surface area (Å²) in [6.07, 6.45) is 13.4. The van der Waals surface area contributed by atoms with Crippen molar-refractivity contribution in [1.82, 2.24) is 9.55 Å². The molecule has 0 amide bonds. The van der Waals surface area contributed by atoms with Gasteiger partial charge in [-0.05, 0) is 19.8 Å². The molecule has 0 spiro atoms. The minimum atomic E-state index is -0.918. The van der Waals surface area contributed by atoms with Crippen molar-refractivity contribution in [3.63, 3.8) is 0 Å². The first kappa shape index (κ1) is 19.7. The summed E-state index contributed by atoms with van der Waals surface area (Å²) < 4.78 is 1.54. The van der Waals surface area contributed by atoms with Crippen LogP contribution in [0.3, 0.4) is 0 Å². The third kappa shape index (κ3) is 8.16. The molecule has 0 aliphatic heterocycles. The summed E-state index contributed by atoms with van der Waals surface area (Å²) in [5.74, 6) is -0.475. The summed E-state index contributed by atoms with van der Waals surface area (Å²) in [4.78, 5) is 15.2. The van der Waals surface area contributed by atoms with Gasteiger partial charge in [-0.2, -0.15) is 0 Å². The summed E-state index contributed by atoms with van der Waals surface area (Å²) >= 11 is 0. The highest BCUT2D eigenvalue weighted by molar-refractivity contribution is 5.66. The average molecular weight is 324 g/mol. The lowest BCUT2D eigenvalue weighted by molar-refractivity contribution is -0.137. The molecule has 0 fully saturated rings. The van der Waals surface area contributed by atoms with Gasteiger partial charge in [-0.1, -0.05) is 58.3 Å². The maximum atomic E-state index is 10.8. The minimum absolute atomic E-state index is 0.148. The number of unbranched alkanes of at least 4 members (excludes halogenated alkanes) is 8. The molecule has 1 rings (SSSR count). The Bertz CT molecular complexity index is 455. The second kappa shape index (κ2) is 11.2. The third-order valence-corrected chi connectivity index (χ3v) is 4.07. The van der Waals surface area contributed by atoms with E-state index in [0.29, 0.717) is 5.82 Å². The Kier molecular flexibility index (Phi) is 9.60. The van der Waals surface area contributed by atoms with E-state index < -0.39 is 12.1 Å². The number of hydrogen-bond donors (Lipinski definition) is 2. The van der Waals surface area contributed by atoms with Gasteiger partial charge in [-0.25, -0.2) is 4.98 Å². The van der Waals surface area contributed by atoms with Gasteiger partial charge in [0.15, 0.2) is 0 Å². The Morgan fingerprint density at radius 2 is 1.70 bits per heavy atom. The Morgan fingerprint density at radius 1 is 1.13 bits per heavy atom. The summed E-state index contributed by atoms with van der Waals surface area (Å²) in [6.45, 7) is 3.70. The van der Waals surface area contributed by atoms with Crippen LogP contribution in [0.4, 0.5) is 0 Å². The molecule has 0 aliphatic rings. The van der Waals surface area contributed by atoms with Crippen molar-refractivity contribution in [1.29, 1.82) is 0 Å². The van der Waals surface area contributed by atoms with Gasteiger partial charge in [0.2, 0.25) is 0 Å². The molecule has 0 bridgehead atoms. The van der Waals surface area contributed by atoms with E-state index in [9.17, 15) is 9.90 Å². The van der Waals surface area contributed by atoms with Gasteiger partial charge in [-0.15, -0.1) is 0 Å². The SMILES string of the molecule is CCCCCCCCCCCc1cn(CC(=O)O)c(C(C)O)n1. The third-order valence-electron chi connectivity index (χ3n) is 4.07. The van der Waals surface area contributed by atoms with Gasteiger partial charge in [0.05, 0.1) is 5.69 Å². The fourth-order valence-electron chi connectivity index (χ4n) is 2.83. The monoisotopic (exact) mass is 324 g/mol. The number of rotatable bonds is 13. The highest BCUT2D eigenvalue weighted by Crippen LogP contribution is 2.15. The highest BCUT2D eigenvalue weighted by Gasteiger charge is 2.14. The lowest BCUT2D eigenvalue weighted by Crippen LogP contribution is -2.12. The molecule has 0 saturated carbocycles. The maximum Gasteiger partial charge on any atom is 0.323 e. The second-order valence-electron chi connectivity index (χ2n) is 6.37. The zero-order valence-electron chi connectivity index (χ0n) is 14.6. The molecular formula is C18H32N2O3. The number of aliphatic carboxylic acids is 1. The van der Waals surface area contributed by atoms with Gasteiger partial charge in [-0.3, -0.25) is 4.79 Å². The number of carboxylic acid groups (broad SMARTS) is 1. The van der Waals surface area contributed by atoms with Crippen LogP contribution in [0, 0.1) is 0 Å². The lowest BCUT2D eigenvalue weighted by Gasteiger charge is -2.05. The number of carboxylic acids is 1. The molecule has 132 valence electrons. The Labute approximate surface area is 139 Å². The maximum absolute atomic E-state index is 10.8. The van der Waals surface area contributed by atoms with Crippen LogP contribution in [0.1, 0.15) is 89.3 Å². The number of nitrogens with zero attached hydrogens (tertiary/aromatic N) is 2. The summed E-state index contributed by atoms with van der Waals surface area (Å²) in [5.41, 5.74) is 0.880.